The molecule has 2 heterocycles. The van der Waals surface area contributed by atoms with Crippen LogP contribution in [0.4, 0.5) is 15.8 Å². The maximum atomic E-state index is 15.3. The van der Waals surface area contributed by atoms with Gasteiger partial charge in [0.25, 0.3) is 0 Å². The van der Waals surface area contributed by atoms with E-state index >= 15 is 4.39 Å². The van der Waals surface area contributed by atoms with Crippen LogP contribution in [-0.4, -0.2) is 55.3 Å². The Bertz CT molecular complexity index is 1700. The number of carbonyl (C=O) groups is 2. The number of halogens is 2. The minimum absolute atomic E-state index is 0.0432. The summed E-state index contributed by atoms with van der Waals surface area (Å²) in [5, 5.41) is 6.30. The Morgan fingerprint density at radius 3 is 2.33 bits per heavy atom. The molecular formula is C30H26ClFN4O7. The summed E-state index contributed by atoms with van der Waals surface area (Å²) in [5.41, 5.74) is -0.109. The van der Waals surface area contributed by atoms with Crippen molar-refractivity contribution in [1.29, 1.82) is 0 Å². The van der Waals surface area contributed by atoms with Gasteiger partial charge in [0.2, 0.25) is 23.4 Å². The molecule has 11 nitrogen and oxygen atoms in total. The normalized spacial score (nSPS) is 14.6. The van der Waals surface area contributed by atoms with Gasteiger partial charge in [-0.1, -0.05) is 11.6 Å². The molecular weight excluding hydrogens is 583 g/mol. The zero-order valence-corrected chi connectivity index (χ0v) is 23.7. The molecule has 1 aliphatic heterocycles. The Hall–Kier alpha value is -4.68. The zero-order valence-electron chi connectivity index (χ0n) is 22.9. The molecule has 0 radical (unpaired) electrons. The number of carbonyl (C=O) groups excluding carboxylic acids is 2. The lowest BCUT2D eigenvalue weighted by atomic mass is 10.0. The minimum atomic E-state index is -1.24. The van der Waals surface area contributed by atoms with Crippen LogP contribution in [0.25, 0.3) is 10.9 Å². The van der Waals surface area contributed by atoms with Crippen LogP contribution in [0.3, 0.4) is 0 Å². The highest BCUT2D eigenvalue weighted by molar-refractivity contribution is 6.30. The smallest absolute Gasteiger partial charge is 0.240 e. The molecule has 6 rings (SSSR count). The third kappa shape index (κ3) is 5.84. The molecule has 3 aromatic carbocycles. The first kappa shape index (κ1) is 28.4. The summed E-state index contributed by atoms with van der Waals surface area (Å²) in [4.78, 5) is 34.5. The van der Waals surface area contributed by atoms with Gasteiger partial charge in [0.15, 0.2) is 23.1 Å². The van der Waals surface area contributed by atoms with Crippen LogP contribution in [0, 0.1) is 11.2 Å². The molecule has 0 spiro atoms. The fraction of sp³-hybridized carbons (Fsp3) is 0.267. The molecule has 2 N–H and O–H groups in total. The molecule has 0 bridgehead atoms. The van der Waals surface area contributed by atoms with Gasteiger partial charge in [0, 0.05) is 35.6 Å². The third-order valence-corrected chi connectivity index (χ3v) is 7.26. The van der Waals surface area contributed by atoms with Gasteiger partial charge in [-0.2, -0.15) is 0 Å². The van der Waals surface area contributed by atoms with Gasteiger partial charge in [-0.05, 0) is 49.2 Å². The maximum absolute atomic E-state index is 15.3. The number of aromatic nitrogens is 2. The van der Waals surface area contributed by atoms with E-state index in [1.165, 1.54) is 18.5 Å². The summed E-state index contributed by atoms with van der Waals surface area (Å²) >= 11 is 5.90. The van der Waals surface area contributed by atoms with Crippen molar-refractivity contribution >= 4 is 45.7 Å². The Kier molecular flexibility index (Phi) is 7.87. The number of fused-ring (bicyclic) bond motifs is 3. The van der Waals surface area contributed by atoms with E-state index in [9.17, 15) is 9.59 Å². The number of anilines is 2. The van der Waals surface area contributed by atoms with Gasteiger partial charge in [-0.3, -0.25) is 9.59 Å². The van der Waals surface area contributed by atoms with E-state index in [1.54, 1.807) is 37.4 Å². The molecule has 4 aromatic rings. The van der Waals surface area contributed by atoms with E-state index in [-0.39, 0.29) is 30.5 Å². The van der Waals surface area contributed by atoms with Crippen molar-refractivity contribution in [3.05, 3.63) is 65.7 Å². The highest BCUT2D eigenvalue weighted by atomic mass is 35.5. The van der Waals surface area contributed by atoms with Crippen LogP contribution >= 0.6 is 11.6 Å². The number of hydrogen-bond donors (Lipinski definition) is 2. The predicted molar refractivity (Wildman–Crippen MR) is 155 cm³/mol. The largest absolute Gasteiger partial charge is 0.487 e. The number of rotatable bonds is 10. The van der Waals surface area contributed by atoms with Crippen LogP contribution in [-0.2, 0) is 14.3 Å². The van der Waals surface area contributed by atoms with E-state index in [2.05, 4.69) is 20.6 Å². The lowest BCUT2D eigenvalue weighted by Crippen LogP contribution is -2.35. The number of methoxy groups -OCH3 is 1. The van der Waals surface area contributed by atoms with E-state index in [0.29, 0.717) is 64.9 Å². The summed E-state index contributed by atoms with van der Waals surface area (Å²) in [7, 11) is 1.57. The maximum Gasteiger partial charge on any atom is 0.240 e. The highest BCUT2D eigenvalue weighted by Crippen LogP contribution is 2.49. The highest BCUT2D eigenvalue weighted by Gasteiger charge is 2.56. The molecule has 1 saturated carbocycles. The first-order valence-corrected chi connectivity index (χ1v) is 13.8. The first-order valence-electron chi connectivity index (χ1n) is 13.4. The first-order chi connectivity index (χ1) is 20.9. The predicted octanol–water partition coefficient (Wildman–Crippen LogP) is 5.37. The summed E-state index contributed by atoms with van der Waals surface area (Å²) in [6.45, 7) is 1.25. The standard InChI is InChI=1S/C30H26ClFN4O7/c1-39-10-11-40-23-15-21-24(26-25(23)41-12-13-42-26)27(34-16-33-21)43-22-7-6-19(14-20(22)32)36-29(38)30(8-9-30)28(37)35-18-4-2-17(31)3-5-18/h2-7,14-16H,8-13H2,1H3,(H,35,37)(H,36,38). The topological polar surface area (TPSA) is 130 Å². The molecule has 43 heavy (non-hydrogen) atoms. The van der Waals surface area contributed by atoms with Crippen molar-refractivity contribution in [2.24, 2.45) is 5.41 Å². The molecule has 0 saturated heterocycles. The fourth-order valence-corrected chi connectivity index (χ4v) is 4.71. The van der Waals surface area contributed by atoms with E-state index < -0.39 is 23.0 Å². The van der Waals surface area contributed by atoms with Crippen molar-refractivity contribution in [3.63, 3.8) is 0 Å². The molecule has 222 valence electrons. The van der Waals surface area contributed by atoms with Gasteiger partial charge in [0.05, 0.1) is 12.1 Å². The molecule has 2 aliphatic rings. The van der Waals surface area contributed by atoms with Crippen molar-refractivity contribution in [1.82, 2.24) is 9.97 Å². The molecule has 1 fully saturated rings. The van der Waals surface area contributed by atoms with Crippen LogP contribution in [0.15, 0.2) is 54.9 Å². The average molecular weight is 609 g/mol. The van der Waals surface area contributed by atoms with Crippen molar-refractivity contribution in [2.75, 3.05) is 44.2 Å². The molecule has 13 heteroatoms. The minimum Gasteiger partial charge on any atom is -0.487 e. The van der Waals surface area contributed by atoms with Crippen LogP contribution in [0.2, 0.25) is 5.02 Å². The summed E-state index contributed by atoms with van der Waals surface area (Å²) < 4.78 is 43.7. The zero-order chi connectivity index (χ0) is 30.0. The summed E-state index contributed by atoms with van der Waals surface area (Å²) in [6.07, 6.45) is 2.03. The van der Waals surface area contributed by atoms with Crippen molar-refractivity contribution in [3.8, 4) is 28.9 Å². The van der Waals surface area contributed by atoms with Crippen molar-refractivity contribution < 1.29 is 37.7 Å². The Morgan fingerprint density at radius 1 is 0.930 bits per heavy atom. The second kappa shape index (κ2) is 11.9. The Labute approximate surface area is 250 Å². The molecule has 1 aromatic heterocycles. The molecule has 2 amide bonds. The van der Waals surface area contributed by atoms with Crippen molar-refractivity contribution in [2.45, 2.75) is 12.8 Å². The number of nitrogens with one attached hydrogen (secondary N) is 2. The second-order valence-electron chi connectivity index (χ2n) is 9.89. The van der Waals surface area contributed by atoms with E-state index in [1.807, 2.05) is 0 Å². The number of nitrogens with zero attached hydrogens (tertiary/aromatic N) is 2. The van der Waals surface area contributed by atoms with E-state index in [0.717, 1.165) is 6.07 Å². The van der Waals surface area contributed by atoms with E-state index in [4.69, 9.17) is 35.3 Å². The van der Waals surface area contributed by atoms with Gasteiger partial charge < -0.3 is 34.3 Å². The van der Waals surface area contributed by atoms with Gasteiger partial charge in [-0.15, -0.1) is 0 Å². The number of hydrogen-bond acceptors (Lipinski definition) is 9. The van der Waals surface area contributed by atoms with Crippen LogP contribution in [0.5, 0.6) is 28.9 Å². The summed E-state index contributed by atoms with van der Waals surface area (Å²) in [5.74, 6) is -0.723. The second-order valence-corrected chi connectivity index (χ2v) is 10.3. The molecule has 0 unspecified atom stereocenters. The van der Waals surface area contributed by atoms with Crippen LogP contribution < -0.4 is 29.6 Å². The lowest BCUT2D eigenvalue weighted by Gasteiger charge is -2.23. The van der Waals surface area contributed by atoms with Gasteiger partial charge in [-0.25, -0.2) is 14.4 Å². The average Bonchev–Trinajstić information content (AvgIpc) is 3.82. The monoisotopic (exact) mass is 608 g/mol. The SMILES string of the molecule is COCCOc1cc2ncnc(Oc3ccc(NC(=O)C4(C(=O)Nc5ccc(Cl)cc5)CC4)cc3F)c2c2c1OCCO2. The van der Waals surface area contributed by atoms with Crippen LogP contribution in [0.1, 0.15) is 12.8 Å². The quantitative estimate of drug-likeness (QED) is 0.180. The number of benzene rings is 3. The lowest BCUT2D eigenvalue weighted by molar-refractivity contribution is -0.131. The fourth-order valence-electron chi connectivity index (χ4n) is 4.58. The van der Waals surface area contributed by atoms with Gasteiger partial charge >= 0.3 is 0 Å². The Balaban J connectivity index is 1.20. The molecule has 1 aliphatic carbocycles. The third-order valence-electron chi connectivity index (χ3n) is 7.01. The number of amides is 2. The summed E-state index contributed by atoms with van der Waals surface area (Å²) in [6, 6.07) is 12.2. The number of ether oxygens (including phenoxy) is 5. The molecule has 0 atom stereocenters. The Morgan fingerprint density at radius 2 is 1.63 bits per heavy atom. The van der Waals surface area contributed by atoms with Gasteiger partial charge in [0.1, 0.15) is 36.9 Å².